The molecule has 3 fully saturated rings. The summed E-state index contributed by atoms with van der Waals surface area (Å²) in [5.41, 5.74) is 0.0356. The van der Waals surface area contributed by atoms with Gasteiger partial charge < -0.3 is 15.0 Å². The quantitative estimate of drug-likeness (QED) is 0.674. The van der Waals surface area contributed by atoms with Crippen LogP contribution in [-0.4, -0.2) is 43.6 Å². The Morgan fingerprint density at radius 1 is 1.12 bits per heavy atom. The Labute approximate surface area is 185 Å². The number of hydrogen-bond acceptors (Lipinski definition) is 5. The molecular weight excluding hydrogens is 420 g/mol. The number of nitrogens with zero attached hydrogens (tertiary/aromatic N) is 1. The third-order valence-corrected chi connectivity index (χ3v) is 6.81. The van der Waals surface area contributed by atoms with Crippen LogP contribution in [0.25, 0.3) is 0 Å². The summed E-state index contributed by atoms with van der Waals surface area (Å²) in [4.78, 5) is 37.1. The first-order valence-corrected chi connectivity index (χ1v) is 11.3. The van der Waals surface area contributed by atoms with Crippen LogP contribution in [0.3, 0.4) is 0 Å². The van der Waals surface area contributed by atoms with Crippen LogP contribution in [0.1, 0.15) is 56.9 Å². The highest BCUT2D eigenvalue weighted by Crippen LogP contribution is 2.33. The van der Waals surface area contributed by atoms with Gasteiger partial charge in [0.15, 0.2) is 0 Å². The van der Waals surface area contributed by atoms with E-state index in [1.54, 1.807) is 4.90 Å². The molecule has 3 aliphatic rings. The molecular formula is C23H29F2N3O4. The van der Waals surface area contributed by atoms with Gasteiger partial charge in [0.25, 0.3) is 0 Å². The number of carbonyl (C=O) groups is 3. The third-order valence-electron chi connectivity index (χ3n) is 6.81. The van der Waals surface area contributed by atoms with Gasteiger partial charge in [-0.15, -0.1) is 0 Å². The first kappa shape index (κ1) is 22.5. The molecule has 0 aromatic heterocycles. The maximum Gasteiger partial charge on any atom is 0.407 e. The Balaban J connectivity index is 1.27. The smallest absolute Gasteiger partial charge is 0.407 e. The lowest BCUT2D eigenvalue weighted by Crippen LogP contribution is -2.59. The molecule has 0 radical (unpaired) electrons. The zero-order valence-electron chi connectivity index (χ0n) is 18.2. The van der Waals surface area contributed by atoms with Crippen LogP contribution in [0.5, 0.6) is 0 Å². The molecule has 32 heavy (non-hydrogen) atoms. The van der Waals surface area contributed by atoms with Crippen LogP contribution in [0.4, 0.5) is 19.3 Å². The maximum atomic E-state index is 14.7. The van der Waals surface area contributed by atoms with Crippen molar-refractivity contribution >= 4 is 23.6 Å². The van der Waals surface area contributed by atoms with Gasteiger partial charge in [-0.3, -0.25) is 14.9 Å². The van der Waals surface area contributed by atoms with Crippen molar-refractivity contribution in [2.45, 2.75) is 57.4 Å². The minimum absolute atomic E-state index is 0.0481. The van der Waals surface area contributed by atoms with Crippen LogP contribution in [-0.2, 0) is 14.3 Å². The largest absolute Gasteiger partial charge is 0.449 e. The van der Waals surface area contributed by atoms with Crippen molar-refractivity contribution in [2.24, 2.45) is 11.8 Å². The van der Waals surface area contributed by atoms with Gasteiger partial charge in [0, 0.05) is 30.8 Å². The number of alkyl carbamates (subject to hydrolysis) is 1. The van der Waals surface area contributed by atoms with Crippen molar-refractivity contribution in [3.05, 3.63) is 29.3 Å². The molecule has 2 N–H and O–H groups in total. The Bertz CT molecular complexity index is 872. The van der Waals surface area contributed by atoms with E-state index in [9.17, 15) is 23.2 Å². The zero-order chi connectivity index (χ0) is 22.8. The number of imide groups is 1. The number of anilines is 1. The van der Waals surface area contributed by atoms with E-state index < -0.39 is 35.5 Å². The number of ether oxygens (including phenoxy) is 1. The molecule has 7 nitrogen and oxygen atoms in total. The van der Waals surface area contributed by atoms with Crippen LogP contribution < -0.4 is 15.5 Å². The van der Waals surface area contributed by atoms with Gasteiger partial charge in [0.1, 0.15) is 11.6 Å². The molecule has 2 heterocycles. The van der Waals surface area contributed by atoms with E-state index >= 15 is 0 Å². The SMILES string of the molecule is CC1CCC(COC(=O)NC2CN(c3cc(F)c(C4CCC(=O)NC4=O)c(F)c3)C2)CC1. The van der Waals surface area contributed by atoms with E-state index in [1.807, 2.05) is 0 Å². The van der Waals surface area contributed by atoms with E-state index in [-0.39, 0.29) is 24.4 Å². The Hall–Kier alpha value is -2.71. The van der Waals surface area contributed by atoms with E-state index in [0.717, 1.165) is 18.8 Å². The van der Waals surface area contributed by atoms with Crippen molar-refractivity contribution in [1.82, 2.24) is 10.6 Å². The van der Waals surface area contributed by atoms with Gasteiger partial charge in [-0.25, -0.2) is 13.6 Å². The second-order valence-corrected chi connectivity index (χ2v) is 9.30. The molecule has 1 unspecified atom stereocenters. The van der Waals surface area contributed by atoms with Crippen LogP contribution >= 0.6 is 0 Å². The second kappa shape index (κ2) is 9.42. The number of halogens is 2. The lowest BCUT2D eigenvalue weighted by molar-refractivity contribution is -0.134. The first-order valence-electron chi connectivity index (χ1n) is 11.3. The lowest BCUT2D eigenvalue weighted by atomic mass is 9.83. The summed E-state index contributed by atoms with van der Waals surface area (Å²) in [7, 11) is 0. The molecule has 4 rings (SSSR count). The predicted molar refractivity (Wildman–Crippen MR) is 113 cm³/mol. The summed E-state index contributed by atoms with van der Waals surface area (Å²) >= 11 is 0. The summed E-state index contributed by atoms with van der Waals surface area (Å²) in [5, 5.41) is 4.92. The molecule has 9 heteroatoms. The van der Waals surface area contributed by atoms with Gasteiger partial charge in [-0.1, -0.05) is 19.8 Å². The highest BCUT2D eigenvalue weighted by atomic mass is 19.1. The molecule has 174 valence electrons. The Morgan fingerprint density at radius 2 is 1.78 bits per heavy atom. The number of carbonyl (C=O) groups excluding carboxylic acids is 3. The molecule has 1 atom stereocenters. The third kappa shape index (κ3) is 5.02. The number of hydrogen-bond donors (Lipinski definition) is 2. The standard InChI is InChI=1S/C23H29F2N3O4/c1-13-2-4-14(5-3-13)12-32-23(31)26-15-10-28(11-15)16-8-18(24)21(19(25)9-16)17-6-7-20(29)27-22(17)30/h8-9,13-15,17H,2-7,10-12H2,1H3,(H,26,31)(H,27,29,30). The number of piperidine rings is 1. The highest BCUT2D eigenvalue weighted by molar-refractivity contribution is 6.01. The molecule has 1 aliphatic carbocycles. The van der Waals surface area contributed by atoms with Crippen molar-refractivity contribution in [3.8, 4) is 0 Å². The summed E-state index contributed by atoms with van der Waals surface area (Å²) in [6, 6.07) is 2.23. The van der Waals surface area contributed by atoms with Crippen LogP contribution in [0.15, 0.2) is 12.1 Å². The van der Waals surface area contributed by atoms with Crippen molar-refractivity contribution < 1.29 is 27.9 Å². The van der Waals surface area contributed by atoms with Gasteiger partial charge in [0.2, 0.25) is 11.8 Å². The number of rotatable bonds is 5. The summed E-state index contributed by atoms with van der Waals surface area (Å²) < 4.78 is 34.7. The molecule has 1 saturated carbocycles. The van der Waals surface area contributed by atoms with Gasteiger partial charge in [0.05, 0.1) is 18.6 Å². The van der Waals surface area contributed by atoms with E-state index in [0.29, 0.717) is 31.3 Å². The monoisotopic (exact) mass is 449 g/mol. The average molecular weight is 449 g/mol. The number of benzene rings is 1. The minimum Gasteiger partial charge on any atom is -0.449 e. The summed E-state index contributed by atoms with van der Waals surface area (Å²) in [6.45, 7) is 3.48. The molecule has 1 aromatic carbocycles. The normalized spacial score (nSPS) is 26.3. The van der Waals surface area contributed by atoms with Gasteiger partial charge in [-0.05, 0) is 43.2 Å². The first-order chi connectivity index (χ1) is 15.3. The Kier molecular flexibility index (Phi) is 6.62. The highest BCUT2D eigenvalue weighted by Gasteiger charge is 2.34. The van der Waals surface area contributed by atoms with E-state index in [4.69, 9.17) is 4.74 Å². The fourth-order valence-electron chi connectivity index (χ4n) is 4.73. The molecule has 0 bridgehead atoms. The second-order valence-electron chi connectivity index (χ2n) is 9.30. The van der Waals surface area contributed by atoms with Gasteiger partial charge in [-0.2, -0.15) is 0 Å². The minimum atomic E-state index is -1.02. The molecule has 3 amide bonds. The molecule has 0 spiro atoms. The van der Waals surface area contributed by atoms with Crippen LogP contribution in [0, 0.1) is 23.5 Å². The van der Waals surface area contributed by atoms with Crippen LogP contribution in [0.2, 0.25) is 0 Å². The topological polar surface area (TPSA) is 87.7 Å². The fraction of sp³-hybridized carbons (Fsp3) is 0.609. The zero-order valence-corrected chi connectivity index (χ0v) is 18.2. The maximum absolute atomic E-state index is 14.7. The summed E-state index contributed by atoms with van der Waals surface area (Å²) in [6.07, 6.45) is 4.17. The van der Waals surface area contributed by atoms with Crippen molar-refractivity contribution in [1.29, 1.82) is 0 Å². The molecule has 1 aromatic rings. The number of amides is 3. The predicted octanol–water partition coefficient (Wildman–Crippen LogP) is 3.23. The van der Waals surface area contributed by atoms with E-state index in [2.05, 4.69) is 17.6 Å². The Morgan fingerprint density at radius 3 is 2.41 bits per heavy atom. The summed E-state index contributed by atoms with van der Waals surface area (Å²) in [5.74, 6) is -2.60. The molecule has 2 saturated heterocycles. The lowest BCUT2D eigenvalue weighted by Gasteiger charge is -2.41. The van der Waals surface area contributed by atoms with E-state index in [1.165, 1.54) is 25.0 Å². The van der Waals surface area contributed by atoms with Crippen molar-refractivity contribution in [2.75, 3.05) is 24.6 Å². The molecule has 2 aliphatic heterocycles. The van der Waals surface area contributed by atoms with Gasteiger partial charge >= 0.3 is 6.09 Å². The average Bonchev–Trinajstić information content (AvgIpc) is 2.71. The number of nitrogens with one attached hydrogen (secondary N) is 2. The fourth-order valence-corrected chi connectivity index (χ4v) is 4.73. The van der Waals surface area contributed by atoms with Crippen molar-refractivity contribution in [3.63, 3.8) is 0 Å².